The van der Waals surface area contributed by atoms with Crippen molar-refractivity contribution < 1.29 is 9.53 Å². The van der Waals surface area contributed by atoms with Crippen LogP contribution in [-0.4, -0.2) is 85.3 Å². The first kappa shape index (κ1) is 21.6. The van der Waals surface area contributed by atoms with Crippen LogP contribution in [0.3, 0.4) is 0 Å². The minimum absolute atomic E-state index is 0.126. The molecule has 0 atom stereocenters. The van der Waals surface area contributed by atoms with Crippen LogP contribution in [0.2, 0.25) is 0 Å². The molecular weight excluding hydrogens is 342 g/mol. The lowest BCUT2D eigenvalue weighted by atomic mass is 10.2. The maximum atomic E-state index is 12.4. The predicted molar refractivity (Wildman–Crippen MR) is 109 cm³/mol. The van der Waals surface area contributed by atoms with E-state index >= 15 is 0 Å². The summed E-state index contributed by atoms with van der Waals surface area (Å²) in [5, 5.41) is 6.29. The molecule has 0 aliphatic carbocycles. The lowest BCUT2D eigenvalue weighted by Crippen LogP contribution is -2.42. The lowest BCUT2D eigenvalue weighted by Gasteiger charge is -2.30. The van der Waals surface area contributed by atoms with E-state index < -0.39 is 0 Å². The molecule has 7 nitrogen and oxygen atoms in total. The normalized spacial score (nSPS) is 15.5. The number of aromatic nitrogens is 1. The van der Waals surface area contributed by atoms with E-state index in [1.165, 1.54) is 0 Å². The second-order valence-electron chi connectivity index (χ2n) is 7.47. The van der Waals surface area contributed by atoms with Gasteiger partial charge in [-0.15, -0.1) is 0 Å². The van der Waals surface area contributed by atoms with E-state index in [4.69, 9.17) is 4.74 Å². The molecule has 1 aromatic rings. The van der Waals surface area contributed by atoms with E-state index in [0.717, 1.165) is 51.8 Å². The zero-order valence-electron chi connectivity index (χ0n) is 17.2. The van der Waals surface area contributed by atoms with Gasteiger partial charge in [-0.2, -0.15) is 0 Å². The molecule has 7 heteroatoms. The molecule has 0 bridgehead atoms. The minimum atomic E-state index is -0.126. The number of nitrogens with zero attached hydrogens (tertiary/aromatic N) is 3. The number of nitrogens with one attached hydrogen (secondary N) is 2. The van der Waals surface area contributed by atoms with Crippen molar-refractivity contribution in [1.29, 1.82) is 0 Å². The van der Waals surface area contributed by atoms with Gasteiger partial charge in [-0.3, -0.25) is 14.6 Å². The number of morpholine rings is 1. The summed E-state index contributed by atoms with van der Waals surface area (Å²) in [6, 6.07) is 6.44. The fraction of sp³-hybridized carbons (Fsp3) is 0.700. The lowest BCUT2D eigenvalue weighted by molar-refractivity contribution is 0.0398. The molecule has 2 rings (SSSR count). The Hall–Kier alpha value is -1.70. The number of rotatable bonds is 10. The molecule has 27 heavy (non-hydrogen) atoms. The molecule has 0 radical (unpaired) electrons. The average molecular weight is 378 g/mol. The van der Waals surface area contributed by atoms with Crippen molar-refractivity contribution in [2.45, 2.75) is 39.8 Å². The quantitative estimate of drug-likeness (QED) is 0.646. The van der Waals surface area contributed by atoms with Gasteiger partial charge in [0.25, 0.3) is 5.91 Å². The van der Waals surface area contributed by atoms with Gasteiger partial charge in [0.05, 0.1) is 13.2 Å². The molecule has 0 saturated carbocycles. The molecule has 0 aromatic carbocycles. The van der Waals surface area contributed by atoms with Gasteiger partial charge in [-0.05, 0) is 39.8 Å². The summed E-state index contributed by atoms with van der Waals surface area (Å²) in [6.45, 7) is 15.5. The maximum absolute atomic E-state index is 12.4. The third-order valence-corrected chi connectivity index (χ3v) is 4.80. The van der Waals surface area contributed by atoms with E-state index in [2.05, 4.69) is 53.1 Å². The van der Waals surface area contributed by atoms with Crippen molar-refractivity contribution in [3.63, 3.8) is 0 Å². The average Bonchev–Trinajstić information content (AvgIpc) is 2.65. The Kier molecular flexibility index (Phi) is 8.97. The Bertz CT molecular complexity index is 565. The highest BCUT2D eigenvalue weighted by Gasteiger charge is 2.14. The molecule has 1 amide bonds. The predicted octanol–water partition coefficient (Wildman–Crippen LogP) is 1.67. The Morgan fingerprint density at radius 2 is 1.89 bits per heavy atom. The number of hydrogen-bond acceptors (Lipinski definition) is 6. The summed E-state index contributed by atoms with van der Waals surface area (Å²) in [5.74, 6) is 0.612. The van der Waals surface area contributed by atoms with Crippen LogP contribution in [0.25, 0.3) is 0 Å². The molecule has 1 saturated heterocycles. The summed E-state index contributed by atoms with van der Waals surface area (Å²) in [5.41, 5.74) is 0.451. The van der Waals surface area contributed by atoms with Crippen molar-refractivity contribution in [1.82, 2.24) is 20.1 Å². The van der Waals surface area contributed by atoms with Gasteiger partial charge in [-0.25, -0.2) is 4.98 Å². The van der Waals surface area contributed by atoms with Crippen molar-refractivity contribution in [3.05, 3.63) is 23.9 Å². The number of pyridine rings is 1. The first-order chi connectivity index (χ1) is 13.0. The van der Waals surface area contributed by atoms with Gasteiger partial charge in [0, 0.05) is 51.4 Å². The van der Waals surface area contributed by atoms with E-state index in [0.29, 0.717) is 24.3 Å². The monoisotopic (exact) mass is 377 g/mol. The third kappa shape index (κ3) is 7.44. The standard InChI is InChI=1S/C20H35N5O2/c1-16(2)25(17(3)4)11-9-22-20(26)18-6-5-7-19(23-18)21-8-10-24-12-14-27-15-13-24/h5-7,16-17H,8-15H2,1-4H3,(H,21,23)(H,22,26). The van der Waals surface area contributed by atoms with Crippen LogP contribution in [0, 0.1) is 0 Å². The summed E-state index contributed by atoms with van der Waals surface area (Å²) in [6.07, 6.45) is 0. The van der Waals surface area contributed by atoms with Crippen molar-refractivity contribution in [3.8, 4) is 0 Å². The highest BCUT2D eigenvalue weighted by molar-refractivity contribution is 5.92. The van der Waals surface area contributed by atoms with Crippen molar-refractivity contribution in [2.24, 2.45) is 0 Å². The number of amides is 1. The molecule has 2 N–H and O–H groups in total. The van der Waals surface area contributed by atoms with Gasteiger partial charge in [-0.1, -0.05) is 6.07 Å². The highest BCUT2D eigenvalue weighted by Crippen LogP contribution is 2.06. The number of hydrogen-bond donors (Lipinski definition) is 2. The third-order valence-electron chi connectivity index (χ3n) is 4.80. The summed E-state index contributed by atoms with van der Waals surface area (Å²) >= 11 is 0. The number of carbonyl (C=O) groups excluding carboxylic acids is 1. The molecular formula is C20H35N5O2. The Morgan fingerprint density at radius 1 is 1.19 bits per heavy atom. The summed E-state index contributed by atoms with van der Waals surface area (Å²) in [4.78, 5) is 21.6. The minimum Gasteiger partial charge on any atom is -0.379 e. The van der Waals surface area contributed by atoms with Crippen LogP contribution >= 0.6 is 0 Å². The fourth-order valence-electron chi connectivity index (χ4n) is 3.33. The Morgan fingerprint density at radius 3 is 2.56 bits per heavy atom. The van der Waals surface area contributed by atoms with Crippen LogP contribution < -0.4 is 10.6 Å². The van der Waals surface area contributed by atoms with Gasteiger partial charge in [0.15, 0.2) is 0 Å². The molecule has 1 aromatic heterocycles. The van der Waals surface area contributed by atoms with E-state index in [1.54, 1.807) is 6.07 Å². The zero-order valence-corrected chi connectivity index (χ0v) is 17.2. The molecule has 152 valence electrons. The smallest absolute Gasteiger partial charge is 0.270 e. The van der Waals surface area contributed by atoms with Crippen LogP contribution in [-0.2, 0) is 4.74 Å². The molecule has 0 spiro atoms. The maximum Gasteiger partial charge on any atom is 0.270 e. The number of carbonyl (C=O) groups is 1. The van der Waals surface area contributed by atoms with Gasteiger partial charge in [0.1, 0.15) is 11.5 Å². The second kappa shape index (κ2) is 11.2. The zero-order chi connectivity index (χ0) is 19.6. The van der Waals surface area contributed by atoms with Crippen LogP contribution in [0.4, 0.5) is 5.82 Å². The molecule has 0 unspecified atom stereocenters. The van der Waals surface area contributed by atoms with E-state index in [1.807, 2.05) is 12.1 Å². The van der Waals surface area contributed by atoms with Crippen LogP contribution in [0.15, 0.2) is 18.2 Å². The summed E-state index contributed by atoms with van der Waals surface area (Å²) in [7, 11) is 0. The Labute approximate surface area is 163 Å². The Balaban J connectivity index is 1.76. The topological polar surface area (TPSA) is 69.7 Å². The first-order valence-corrected chi connectivity index (χ1v) is 10.0. The first-order valence-electron chi connectivity index (χ1n) is 10.0. The summed E-state index contributed by atoms with van der Waals surface area (Å²) < 4.78 is 5.36. The van der Waals surface area contributed by atoms with Crippen molar-refractivity contribution in [2.75, 3.05) is 57.8 Å². The van der Waals surface area contributed by atoms with Crippen molar-refractivity contribution >= 4 is 11.7 Å². The van der Waals surface area contributed by atoms with Gasteiger partial charge >= 0.3 is 0 Å². The molecule has 1 aliphatic heterocycles. The second-order valence-corrected chi connectivity index (χ2v) is 7.47. The van der Waals surface area contributed by atoms with Gasteiger partial charge in [0.2, 0.25) is 0 Å². The van der Waals surface area contributed by atoms with Crippen LogP contribution in [0.1, 0.15) is 38.2 Å². The highest BCUT2D eigenvalue weighted by atomic mass is 16.5. The molecule has 1 aliphatic rings. The molecule has 2 heterocycles. The SMILES string of the molecule is CC(C)N(CCNC(=O)c1cccc(NCCN2CCOCC2)n1)C(C)C. The van der Waals surface area contributed by atoms with Gasteiger partial charge < -0.3 is 15.4 Å². The number of anilines is 1. The fourth-order valence-corrected chi connectivity index (χ4v) is 3.33. The van der Waals surface area contributed by atoms with E-state index in [-0.39, 0.29) is 5.91 Å². The largest absolute Gasteiger partial charge is 0.379 e. The van der Waals surface area contributed by atoms with E-state index in [9.17, 15) is 4.79 Å². The van der Waals surface area contributed by atoms with Crippen LogP contribution in [0.5, 0.6) is 0 Å². The number of ether oxygens (including phenoxy) is 1. The molecule has 1 fully saturated rings.